The summed E-state index contributed by atoms with van der Waals surface area (Å²) in [7, 11) is 1.53. The second-order valence-electron chi connectivity index (χ2n) is 5.44. The van der Waals surface area contributed by atoms with Gasteiger partial charge in [0.15, 0.2) is 0 Å². The molecule has 1 aliphatic heterocycles. The number of ether oxygens (including phenoxy) is 1. The summed E-state index contributed by atoms with van der Waals surface area (Å²) in [4.78, 5) is 36.5. The third-order valence-corrected chi connectivity index (χ3v) is 4.67. The van der Waals surface area contributed by atoms with Crippen molar-refractivity contribution in [2.45, 2.75) is 6.54 Å². The van der Waals surface area contributed by atoms with Gasteiger partial charge in [0.1, 0.15) is 5.75 Å². The van der Waals surface area contributed by atoms with Gasteiger partial charge in [0.25, 0.3) is 16.8 Å². The van der Waals surface area contributed by atoms with Gasteiger partial charge in [0.2, 0.25) is 0 Å². The topological polar surface area (TPSA) is 89.8 Å². The molecule has 1 heterocycles. The molecule has 0 N–H and O–H groups in total. The number of nitrogens with zero attached hydrogens (tertiary/aromatic N) is 2. The molecule has 26 heavy (non-hydrogen) atoms. The Morgan fingerprint density at radius 1 is 1.19 bits per heavy atom. The Morgan fingerprint density at radius 2 is 1.96 bits per heavy atom. The van der Waals surface area contributed by atoms with Gasteiger partial charge < -0.3 is 4.74 Å². The third-order valence-electron chi connectivity index (χ3n) is 3.76. The Balaban J connectivity index is 1.84. The van der Waals surface area contributed by atoms with Crippen molar-refractivity contribution in [3.05, 3.63) is 74.7 Å². The number of hydrogen-bond donors (Lipinski definition) is 0. The van der Waals surface area contributed by atoms with Crippen LogP contribution in [-0.4, -0.2) is 28.1 Å². The average molecular weight is 370 g/mol. The van der Waals surface area contributed by atoms with Crippen LogP contribution in [0.25, 0.3) is 6.08 Å². The van der Waals surface area contributed by atoms with Gasteiger partial charge >= 0.3 is 0 Å². The van der Waals surface area contributed by atoms with E-state index in [4.69, 9.17) is 4.74 Å². The van der Waals surface area contributed by atoms with Gasteiger partial charge in [0.05, 0.1) is 23.5 Å². The van der Waals surface area contributed by atoms with Crippen LogP contribution in [0.1, 0.15) is 11.1 Å². The molecule has 1 saturated heterocycles. The Labute approximate surface area is 153 Å². The fraction of sp³-hybridized carbons (Fsp3) is 0.111. The zero-order valence-corrected chi connectivity index (χ0v) is 14.6. The maximum absolute atomic E-state index is 12.6. The fourth-order valence-electron chi connectivity index (χ4n) is 2.51. The number of carbonyl (C=O) groups excluding carboxylic acids is 2. The minimum absolute atomic E-state index is 0.0182. The number of methoxy groups -OCH3 is 1. The van der Waals surface area contributed by atoms with Crippen LogP contribution in [0, 0.1) is 10.1 Å². The maximum Gasteiger partial charge on any atom is 0.293 e. The summed E-state index contributed by atoms with van der Waals surface area (Å²) >= 11 is 0.835. The van der Waals surface area contributed by atoms with Crippen molar-refractivity contribution in [1.29, 1.82) is 0 Å². The van der Waals surface area contributed by atoms with Crippen molar-refractivity contribution in [2.75, 3.05) is 7.11 Å². The van der Waals surface area contributed by atoms with Crippen molar-refractivity contribution in [2.24, 2.45) is 0 Å². The van der Waals surface area contributed by atoms with Crippen molar-refractivity contribution in [3.8, 4) is 5.75 Å². The molecule has 0 aromatic heterocycles. The van der Waals surface area contributed by atoms with E-state index < -0.39 is 16.1 Å². The van der Waals surface area contributed by atoms with E-state index in [1.54, 1.807) is 24.3 Å². The molecule has 7 nitrogen and oxygen atoms in total. The third kappa shape index (κ3) is 3.60. The van der Waals surface area contributed by atoms with Gasteiger partial charge in [-0.3, -0.25) is 24.6 Å². The second-order valence-corrected chi connectivity index (χ2v) is 6.43. The highest BCUT2D eigenvalue weighted by atomic mass is 32.2. The first kappa shape index (κ1) is 17.7. The lowest BCUT2D eigenvalue weighted by Gasteiger charge is -2.12. The van der Waals surface area contributed by atoms with E-state index in [0.29, 0.717) is 16.9 Å². The number of hydrogen-bond acceptors (Lipinski definition) is 6. The molecule has 1 fully saturated rings. The highest BCUT2D eigenvalue weighted by Crippen LogP contribution is 2.35. The number of amides is 2. The van der Waals surface area contributed by atoms with Crippen LogP contribution in [-0.2, 0) is 11.3 Å². The number of benzene rings is 2. The van der Waals surface area contributed by atoms with Crippen LogP contribution in [0.15, 0.2) is 53.4 Å². The zero-order chi connectivity index (χ0) is 18.7. The molecule has 0 spiro atoms. The molecule has 132 valence electrons. The van der Waals surface area contributed by atoms with Gasteiger partial charge in [-0.15, -0.1) is 0 Å². The number of nitro benzene ring substituents is 1. The first-order valence-electron chi connectivity index (χ1n) is 7.61. The molecule has 0 atom stereocenters. The Hall–Kier alpha value is -3.13. The summed E-state index contributed by atoms with van der Waals surface area (Å²) in [5.41, 5.74) is 1.12. The monoisotopic (exact) mass is 370 g/mol. The lowest BCUT2D eigenvalue weighted by molar-refractivity contribution is -0.384. The zero-order valence-electron chi connectivity index (χ0n) is 13.7. The summed E-state index contributed by atoms with van der Waals surface area (Å²) in [6.45, 7) is -0.0182. The summed E-state index contributed by atoms with van der Waals surface area (Å²) in [6.07, 6.45) is 1.61. The minimum atomic E-state index is -0.515. The highest BCUT2D eigenvalue weighted by Gasteiger charge is 2.35. The molecule has 2 aromatic carbocycles. The maximum atomic E-state index is 12.6. The summed E-state index contributed by atoms with van der Waals surface area (Å²) in [5, 5.41) is 10.5. The molecular weight excluding hydrogens is 356 g/mol. The van der Waals surface area contributed by atoms with Crippen LogP contribution in [0.5, 0.6) is 5.75 Å². The van der Waals surface area contributed by atoms with Crippen molar-refractivity contribution < 1.29 is 19.2 Å². The van der Waals surface area contributed by atoms with Crippen molar-refractivity contribution in [3.63, 3.8) is 0 Å². The Bertz CT molecular complexity index is 925. The summed E-state index contributed by atoms with van der Waals surface area (Å²) in [5.74, 6) is 0.162. The minimum Gasteiger partial charge on any atom is -0.496 e. The normalized spacial score (nSPS) is 15.6. The van der Waals surface area contributed by atoms with E-state index in [9.17, 15) is 19.7 Å². The van der Waals surface area contributed by atoms with E-state index in [0.717, 1.165) is 16.7 Å². The SMILES string of the molecule is COc1ccccc1/C=C1/SC(=O)N(Cc2cccc([N+](=O)[O-])c2)C1=O. The molecule has 0 saturated carbocycles. The number of imide groups is 1. The molecule has 8 heteroatoms. The average Bonchev–Trinajstić information content (AvgIpc) is 2.90. The quantitative estimate of drug-likeness (QED) is 0.451. The van der Waals surface area contributed by atoms with Gasteiger partial charge in [-0.25, -0.2) is 0 Å². The molecule has 3 rings (SSSR count). The fourth-order valence-corrected chi connectivity index (χ4v) is 3.34. The summed E-state index contributed by atoms with van der Waals surface area (Å²) in [6, 6.07) is 13.0. The van der Waals surface area contributed by atoms with Crippen LogP contribution >= 0.6 is 11.8 Å². The molecular formula is C18H14N2O5S. The molecule has 2 amide bonds. The van der Waals surface area contributed by atoms with Gasteiger partial charge in [-0.1, -0.05) is 30.3 Å². The molecule has 0 bridgehead atoms. The molecule has 0 radical (unpaired) electrons. The van der Waals surface area contributed by atoms with Crippen molar-refractivity contribution >= 4 is 34.7 Å². The van der Waals surface area contributed by atoms with Gasteiger partial charge in [-0.05, 0) is 29.5 Å². The number of rotatable bonds is 5. The highest BCUT2D eigenvalue weighted by molar-refractivity contribution is 8.18. The first-order chi connectivity index (χ1) is 12.5. The van der Waals surface area contributed by atoms with Crippen LogP contribution in [0.4, 0.5) is 10.5 Å². The number of para-hydroxylation sites is 1. The number of carbonyl (C=O) groups is 2. The molecule has 0 unspecified atom stereocenters. The lowest BCUT2D eigenvalue weighted by atomic mass is 10.1. The smallest absolute Gasteiger partial charge is 0.293 e. The van der Waals surface area contributed by atoms with E-state index in [-0.39, 0.29) is 17.1 Å². The molecule has 1 aliphatic rings. The molecule has 2 aromatic rings. The number of nitro groups is 1. The van der Waals surface area contributed by atoms with E-state index in [1.165, 1.54) is 25.3 Å². The number of non-ortho nitro benzene ring substituents is 1. The predicted molar refractivity (Wildman–Crippen MR) is 97.6 cm³/mol. The Morgan fingerprint density at radius 3 is 2.69 bits per heavy atom. The van der Waals surface area contributed by atoms with E-state index >= 15 is 0 Å². The Kier molecular flexibility index (Phi) is 5.04. The van der Waals surface area contributed by atoms with E-state index in [2.05, 4.69) is 0 Å². The largest absolute Gasteiger partial charge is 0.496 e. The molecule has 0 aliphatic carbocycles. The van der Waals surface area contributed by atoms with Crippen molar-refractivity contribution in [1.82, 2.24) is 4.90 Å². The van der Waals surface area contributed by atoms with Gasteiger partial charge in [0, 0.05) is 17.7 Å². The van der Waals surface area contributed by atoms with Crippen LogP contribution < -0.4 is 4.74 Å². The van der Waals surface area contributed by atoms with Gasteiger partial charge in [-0.2, -0.15) is 0 Å². The lowest BCUT2D eigenvalue weighted by Crippen LogP contribution is -2.27. The van der Waals surface area contributed by atoms with E-state index in [1.807, 2.05) is 12.1 Å². The predicted octanol–water partition coefficient (Wildman–Crippen LogP) is 3.84. The van der Waals surface area contributed by atoms with Crippen LogP contribution in [0.2, 0.25) is 0 Å². The van der Waals surface area contributed by atoms with Crippen LogP contribution in [0.3, 0.4) is 0 Å². The number of thioether (sulfide) groups is 1. The standard InChI is InChI=1S/C18H14N2O5S/c1-25-15-8-3-2-6-13(15)10-16-17(21)19(18(22)26-16)11-12-5-4-7-14(9-12)20(23)24/h2-10H,11H2,1H3/b16-10+. The second kappa shape index (κ2) is 7.40. The summed E-state index contributed by atoms with van der Waals surface area (Å²) < 4.78 is 5.25. The first-order valence-corrected chi connectivity index (χ1v) is 8.43.